The molecule has 1 unspecified atom stereocenters. The van der Waals surface area contributed by atoms with Gasteiger partial charge in [0, 0.05) is 31.6 Å². The summed E-state index contributed by atoms with van der Waals surface area (Å²) in [6, 6.07) is 11.0. The lowest BCUT2D eigenvalue weighted by Crippen LogP contribution is -2.52. The van der Waals surface area contributed by atoms with E-state index in [9.17, 15) is 4.79 Å². The molecule has 0 bridgehead atoms. The van der Waals surface area contributed by atoms with Crippen LogP contribution in [-0.2, 0) is 11.3 Å². The third-order valence-corrected chi connectivity index (χ3v) is 5.12. The standard InChI is InChI=1S/C18H27N3O.2ClH/c1-14(16-11-19-12-16)18(22)20-17-7-9-21(10-8-17)13-15-5-3-2-4-6-15;;/h2-6,14,16-17,19H,7-13H2,1H3,(H,20,22);2*1H. The normalized spacial score (nSPS) is 20.2. The summed E-state index contributed by atoms with van der Waals surface area (Å²) in [5.74, 6) is 0.912. The van der Waals surface area contributed by atoms with Gasteiger partial charge >= 0.3 is 0 Å². The van der Waals surface area contributed by atoms with Gasteiger partial charge in [-0.1, -0.05) is 37.3 Å². The second-order valence-electron chi connectivity index (χ2n) is 6.75. The van der Waals surface area contributed by atoms with Crippen molar-refractivity contribution in [1.82, 2.24) is 15.5 Å². The molecule has 136 valence electrons. The number of likely N-dealkylation sites (tertiary alicyclic amines) is 1. The second kappa shape index (κ2) is 10.2. The van der Waals surface area contributed by atoms with Gasteiger partial charge in [0.15, 0.2) is 0 Å². The lowest BCUT2D eigenvalue weighted by atomic mass is 9.88. The Morgan fingerprint density at radius 2 is 1.83 bits per heavy atom. The third-order valence-electron chi connectivity index (χ3n) is 5.12. The van der Waals surface area contributed by atoms with Crippen LogP contribution in [0.3, 0.4) is 0 Å². The van der Waals surface area contributed by atoms with E-state index in [-0.39, 0.29) is 36.6 Å². The molecular weight excluding hydrogens is 345 g/mol. The van der Waals surface area contributed by atoms with Crippen molar-refractivity contribution in [2.75, 3.05) is 26.2 Å². The van der Waals surface area contributed by atoms with E-state index in [1.54, 1.807) is 0 Å². The number of hydrogen-bond donors (Lipinski definition) is 2. The minimum atomic E-state index is 0. The Hall–Kier alpha value is -0.810. The van der Waals surface area contributed by atoms with E-state index >= 15 is 0 Å². The van der Waals surface area contributed by atoms with Gasteiger partial charge in [-0.25, -0.2) is 0 Å². The highest BCUT2D eigenvalue weighted by molar-refractivity contribution is 5.85. The number of carbonyl (C=O) groups excluding carboxylic acids is 1. The fourth-order valence-corrected chi connectivity index (χ4v) is 3.29. The first-order valence-electron chi connectivity index (χ1n) is 8.50. The molecule has 2 fully saturated rings. The first kappa shape index (κ1) is 21.2. The minimum Gasteiger partial charge on any atom is -0.353 e. The lowest BCUT2D eigenvalue weighted by molar-refractivity contribution is -0.127. The van der Waals surface area contributed by atoms with E-state index < -0.39 is 0 Å². The average molecular weight is 374 g/mol. The summed E-state index contributed by atoms with van der Waals surface area (Å²) in [7, 11) is 0. The molecular formula is C18H29Cl2N3O. The molecule has 1 amide bonds. The first-order chi connectivity index (χ1) is 10.7. The number of amides is 1. The summed E-state index contributed by atoms with van der Waals surface area (Å²) in [6.45, 7) is 7.20. The molecule has 1 aromatic carbocycles. The molecule has 3 rings (SSSR count). The highest BCUT2D eigenvalue weighted by Gasteiger charge is 2.30. The quantitative estimate of drug-likeness (QED) is 0.832. The number of hydrogen-bond acceptors (Lipinski definition) is 3. The molecule has 2 aliphatic rings. The van der Waals surface area contributed by atoms with Crippen molar-refractivity contribution in [2.45, 2.75) is 32.4 Å². The summed E-state index contributed by atoms with van der Waals surface area (Å²) in [6.07, 6.45) is 2.13. The molecule has 2 aliphatic heterocycles. The molecule has 6 heteroatoms. The Morgan fingerprint density at radius 3 is 2.38 bits per heavy atom. The fourth-order valence-electron chi connectivity index (χ4n) is 3.29. The van der Waals surface area contributed by atoms with E-state index in [4.69, 9.17) is 0 Å². The van der Waals surface area contributed by atoms with Crippen molar-refractivity contribution in [3.05, 3.63) is 35.9 Å². The zero-order valence-electron chi connectivity index (χ0n) is 14.2. The zero-order valence-corrected chi connectivity index (χ0v) is 15.9. The molecule has 2 saturated heterocycles. The first-order valence-corrected chi connectivity index (χ1v) is 8.50. The average Bonchev–Trinajstić information content (AvgIpc) is 2.48. The van der Waals surface area contributed by atoms with Crippen molar-refractivity contribution in [3.8, 4) is 0 Å². The Bertz CT molecular complexity index is 488. The van der Waals surface area contributed by atoms with E-state index in [1.807, 2.05) is 0 Å². The maximum absolute atomic E-state index is 12.3. The van der Waals surface area contributed by atoms with Crippen molar-refractivity contribution >= 4 is 30.7 Å². The Labute approximate surface area is 157 Å². The molecule has 4 nitrogen and oxygen atoms in total. The summed E-state index contributed by atoms with van der Waals surface area (Å²) in [5, 5.41) is 6.50. The van der Waals surface area contributed by atoms with Crippen LogP contribution in [-0.4, -0.2) is 43.0 Å². The van der Waals surface area contributed by atoms with Crippen molar-refractivity contribution in [2.24, 2.45) is 11.8 Å². The molecule has 1 aromatic rings. The number of nitrogens with zero attached hydrogens (tertiary/aromatic N) is 1. The van der Waals surface area contributed by atoms with E-state index in [0.29, 0.717) is 12.0 Å². The molecule has 0 spiro atoms. The molecule has 2 heterocycles. The van der Waals surface area contributed by atoms with Gasteiger partial charge in [0.1, 0.15) is 0 Å². The van der Waals surface area contributed by atoms with Gasteiger partial charge < -0.3 is 10.6 Å². The van der Waals surface area contributed by atoms with Gasteiger partial charge in [0.2, 0.25) is 5.91 Å². The smallest absolute Gasteiger partial charge is 0.223 e. The zero-order chi connectivity index (χ0) is 15.4. The Balaban J connectivity index is 0.00000144. The van der Waals surface area contributed by atoms with E-state index in [1.165, 1.54) is 5.56 Å². The topological polar surface area (TPSA) is 44.4 Å². The largest absolute Gasteiger partial charge is 0.353 e. The summed E-state index contributed by atoms with van der Waals surface area (Å²) in [5.41, 5.74) is 1.37. The van der Waals surface area contributed by atoms with Gasteiger partial charge in [0.05, 0.1) is 0 Å². The molecule has 0 radical (unpaired) electrons. The number of piperidine rings is 1. The van der Waals surface area contributed by atoms with E-state index in [2.05, 4.69) is 52.8 Å². The third kappa shape index (κ3) is 5.62. The number of halogens is 2. The van der Waals surface area contributed by atoms with Crippen LogP contribution in [0.25, 0.3) is 0 Å². The Kier molecular flexibility index (Phi) is 9.06. The molecule has 0 aliphatic carbocycles. The number of rotatable bonds is 5. The second-order valence-corrected chi connectivity index (χ2v) is 6.75. The van der Waals surface area contributed by atoms with Gasteiger partial charge in [-0.2, -0.15) is 0 Å². The molecule has 0 saturated carbocycles. The van der Waals surface area contributed by atoms with Crippen LogP contribution >= 0.6 is 24.8 Å². The van der Waals surface area contributed by atoms with Gasteiger partial charge in [-0.15, -0.1) is 24.8 Å². The van der Waals surface area contributed by atoms with Gasteiger partial charge in [-0.3, -0.25) is 9.69 Å². The van der Waals surface area contributed by atoms with Crippen molar-refractivity contribution in [1.29, 1.82) is 0 Å². The summed E-state index contributed by atoms with van der Waals surface area (Å²) >= 11 is 0. The SMILES string of the molecule is CC(C(=O)NC1CCN(Cc2ccccc2)CC1)C1CNC1.Cl.Cl. The molecule has 24 heavy (non-hydrogen) atoms. The number of benzene rings is 1. The predicted molar refractivity (Wildman–Crippen MR) is 103 cm³/mol. The Morgan fingerprint density at radius 1 is 1.21 bits per heavy atom. The number of carbonyl (C=O) groups is 1. The molecule has 1 atom stereocenters. The van der Waals surface area contributed by atoms with Crippen LogP contribution in [0.5, 0.6) is 0 Å². The predicted octanol–water partition coefficient (Wildman–Crippen LogP) is 2.47. The van der Waals surface area contributed by atoms with Crippen LogP contribution in [0, 0.1) is 11.8 Å². The fraction of sp³-hybridized carbons (Fsp3) is 0.611. The summed E-state index contributed by atoms with van der Waals surface area (Å²) < 4.78 is 0. The lowest BCUT2D eigenvalue weighted by Gasteiger charge is -2.35. The molecule has 0 aromatic heterocycles. The number of nitrogens with one attached hydrogen (secondary N) is 2. The van der Waals surface area contributed by atoms with Crippen LogP contribution in [0.15, 0.2) is 30.3 Å². The maximum Gasteiger partial charge on any atom is 0.223 e. The highest BCUT2D eigenvalue weighted by atomic mass is 35.5. The molecule has 2 N–H and O–H groups in total. The van der Waals surface area contributed by atoms with Crippen molar-refractivity contribution < 1.29 is 4.79 Å². The highest BCUT2D eigenvalue weighted by Crippen LogP contribution is 2.18. The van der Waals surface area contributed by atoms with Crippen LogP contribution in [0.2, 0.25) is 0 Å². The van der Waals surface area contributed by atoms with Crippen LogP contribution in [0.1, 0.15) is 25.3 Å². The van der Waals surface area contributed by atoms with Crippen LogP contribution < -0.4 is 10.6 Å². The monoisotopic (exact) mass is 373 g/mol. The summed E-state index contributed by atoms with van der Waals surface area (Å²) in [4.78, 5) is 14.7. The maximum atomic E-state index is 12.3. The van der Waals surface area contributed by atoms with Gasteiger partial charge in [0.25, 0.3) is 0 Å². The van der Waals surface area contributed by atoms with Gasteiger partial charge in [-0.05, 0) is 37.4 Å². The minimum absolute atomic E-state index is 0. The van der Waals surface area contributed by atoms with Crippen molar-refractivity contribution in [3.63, 3.8) is 0 Å². The van der Waals surface area contributed by atoms with E-state index in [0.717, 1.165) is 45.6 Å². The van der Waals surface area contributed by atoms with Crippen LogP contribution in [0.4, 0.5) is 0 Å².